The molecule has 1 saturated carbocycles. The highest BCUT2D eigenvalue weighted by atomic mass is 32.2. The predicted octanol–water partition coefficient (Wildman–Crippen LogP) is 3.94. The third-order valence-electron chi connectivity index (χ3n) is 3.59. The van der Waals surface area contributed by atoms with Crippen molar-refractivity contribution in [3.63, 3.8) is 0 Å². The number of thioether (sulfide) groups is 1. The minimum absolute atomic E-state index is 0.581. The van der Waals surface area contributed by atoms with Gasteiger partial charge in [-0.15, -0.1) is 11.8 Å². The number of rotatable bonds is 3. The highest BCUT2D eigenvalue weighted by molar-refractivity contribution is 8.01. The Labute approximate surface area is 110 Å². The van der Waals surface area contributed by atoms with E-state index in [1.165, 1.54) is 22.5 Å². The number of carboxylic acids is 1. The van der Waals surface area contributed by atoms with Gasteiger partial charge in [-0.1, -0.05) is 30.3 Å². The molecule has 1 aliphatic carbocycles. The zero-order valence-corrected chi connectivity index (χ0v) is 10.7. The van der Waals surface area contributed by atoms with Gasteiger partial charge in [0, 0.05) is 4.90 Å². The molecule has 18 heavy (non-hydrogen) atoms. The summed E-state index contributed by atoms with van der Waals surface area (Å²) in [7, 11) is 0. The molecule has 92 valence electrons. The molecule has 0 bridgehead atoms. The number of fused-ring (bicyclic) bond motifs is 1. The zero-order chi connectivity index (χ0) is 12.6. The summed E-state index contributed by atoms with van der Waals surface area (Å²) in [5.41, 5.74) is 0. The first-order chi connectivity index (χ1) is 8.70. The van der Waals surface area contributed by atoms with Crippen molar-refractivity contribution in [1.82, 2.24) is 0 Å². The predicted molar refractivity (Wildman–Crippen MR) is 74.0 cm³/mol. The molecule has 0 amide bonds. The Morgan fingerprint density at radius 3 is 2.44 bits per heavy atom. The summed E-state index contributed by atoms with van der Waals surface area (Å²) in [6.07, 6.45) is 2.58. The highest BCUT2D eigenvalue weighted by Gasteiger charge is 2.45. The van der Waals surface area contributed by atoms with Crippen LogP contribution in [-0.2, 0) is 4.79 Å². The molecular weight excluding hydrogens is 244 g/mol. The maximum Gasteiger partial charge on any atom is 0.320 e. The van der Waals surface area contributed by atoms with E-state index in [0.29, 0.717) is 0 Å². The largest absolute Gasteiger partial charge is 0.480 e. The van der Waals surface area contributed by atoms with Gasteiger partial charge in [-0.2, -0.15) is 0 Å². The van der Waals surface area contributed by atoms with Gasteiger partial charge in [-0.05, 0) is 42.2 Å². The van der Waals surface area contributed by atoms with E-state index in [1.54, 1.807) is 0 Å². The molecule has 0 saturated heterocycles. The van der Waals surface area contributed by atoms with E-state index in [4.69, 9.17) is 0 Å². The first kappa shape index (κ1) is 11.6. The molecule has 2 nitrogen and oxygen atoms in total. The lowest BCUT2D eigenvalue weighted by Crippen LogP contribution is -2.41. The highest BCUT2D eigenvalue weighted by Crippen LogP contribution is 2.48. The van der Waals surface area contributed by atoms with Crippen molar-refractivity contribution in [1.29, 1.82) is 0 Å². The van der Waals surface area contributed by atoms with Crippen LogP contribution in [0.2, 0.25) is 0 Å². The molecule has 3 heteroatoms. The van der Waals surface area contributed by atoms with E-state index in [-0.39, 0.29) is 0 Å². The quantitative estimate of drug-likeness (QED) is 0.906. The second-order valence-electron chi connectivity index (χ2n) is 4.76. The lowest BCUT2D eigenvalue weighted by molar-refractivity contribution is -0.142. The van der Waals surface area contributed by atoms with E-state index in [0.717, 1.165) is 24.2 Å². The van der Waals surface area contributed by atoms with Gasteiger partial charge in [0.25, 0.3) is 0 Å². The average molecular weight is 258 g/mol. The number of hydrogen-bond acceptors (Lipinski definition) is 2. The summed E-state index contributed by atoms with van der Waals surface area (Å²) < 4.78 is -0.581. The van der Waals surface area contributed by atoms with E-state index in [9.17, 15) is 9.90 Å². The van der Waals surface area contributed by atoms with Gasteiger partial charge in [0.15, 0.2) is 0 Å². The topological polar surface area (TPSA) is 37.3 Å². The van der Waals surface area contributed by atoms with Crippen molar-refractivity contribution in [3.8, 4) is 0 Å². The molecule has 1 fully saturated rings. The lowest BCUT2D eigenvalue weighted by Gasteiger charge is -2.36. The molecule has 0 unspecified atom stereocenters. The molecule has 0 aromatic heterocycles. The molecule has 0 aliphatic heterocycles. The molecule has 1 N–H and O–H groups in total. The molecule has 0 spiro atoms. The van der Waals surface area contributed by atoms with E-state index in [2.05, 4.69) is 24.3 Å². The molecule has 3 rings (SSSR count). The van der Waals surface area contributed by atoms with Crippen molar-refractivity contribution in [2.45, 2.75) is 28.9 Å². The van der Waals surface area contributed by atoms with Crippen LogP contribution >= 0.6 is 11.8 Å². The van der Waals surface area contributed by atoms with Gasteiger partial charge < -0.3 is 5.11 Å². The minimum Gasteiger partial charge on any atom is -0.480 e. The van der Waals surface area contributed by atoms with Crippen LogP contribution in [0.15, 0.2) is 47.4 Å². The van der Waals surface area contributed by atoms with Gasteiger partial charge >= 0.3 is 5.97 Å². The van der Waals surface area contributed by atoms with E-state index >= 15 is 0 Å². The van der Waals surface area contributed by atoms with Gasteiger partial charge in [-0.3, -0.25) is 4.79 Å². The van der Waals surface area contributed by atoms with Crippen LogP contribution in [0.1, 0.15) is 19.3 Å². The normalized spacial score (nSPS) is 17.3. The van der Waals surface area contributed by atoms with Crippen molar-refractivity contribution in [3.05, 3.63) is 42.5 Å². The van der Waals surface area contributed by atoms with Crippen molar-refractivity contribution < 1.29 is 9.90 Å². The van der Waals surface area contributed by atoms with Crippen molar-refractivity contribution >= 4 is 28.5 Å². The van der Waals surface area contributed by atoms with Crippen LogP contribution in [0, 0.1) is 0 Å². The summed E-state index contributed by atoms with van der Waals surface area (Å²) >= 11 is 1.50. The number of aliphatic carboxylic acids is 1. The third-order valence-corrected chi connectivity index (χ3v) is 5.05. The fourth-order valence-electron chi connectivity index (χ4n) is 2.31. The summed E-state index contributed by atoms with van der Waals surface area (Å²) in [4.78, 5) is 12.4. The van der Waals surface area contributed by atoms with Crippen LogP contribution in [0.4, 0.5) is 0 Å². The van der Waals surface area contributed by atoms with E-state index < -0.39 is 10.7 Å². The second-order valence-corrected chi connectivity index (χ2v) is 6.22. The number of carbonyl (C=O) groups is 1. The zero-order valence-electron chi connectivity index (χ0n) is 9.93. The van der Waals surface area contributed by atoms with Crippen LogP contribution in [0.5, 0.6) is 0 Å². The number of benzene rings is 2. The Morgan fingerprint density at radius 2 is 1.83 bits per heavy atom. The van der Waals surface area contributed by atoms with Crippen molar-refractivity contribution in [2.24, 2.45) is 0 Å². The first-order valence-electron chi connectivity index (χ1n) is 6.11. The Balaban J connectivity index is 1.93. The smallest absolute Gasteiger partial charge is 0.320 e. The van der Waals surface area contributed by atoms with Crippen LogP contribution in [-0.4, -0.2) is 15.8 Å². The van der Waals surface area contributed by atoms with Gasteiger partial charge in [0.05, 0.1) is 0 Å². The van der Waals surface area contributed by atoms with Gasteiger partial charge in [-0.25, -0.2) is 0 Å². The van der Waals surface area contributed by atoms with E-state index in [1.807, 2.05) is 18.2 Å². The fourth-order valence-corrected chi connectivity index (χ4v) is 3.67. The maximum atomic E-state index is 11.4. The molecule has 0 heterocycles. The molecule has 1 aliphatic rings. The van der Waals surface area contributed by atoms with Crippen LogP contribution in [0.3, 0.4) is 0 Å². The summed E-state index contributed by atoms with van der Waals surface area (Å²) in [6, 6.07) is 14.3. The monoisotopic (exact) mass is 258 g/mol. The molecule has 2 aromatic rings. The molecule has 0 radical (unpaired) electrons. The fraction of sp³-hybridized carbons (Fsp3) is 0.267. The maximum absolute atomic E-state index is 11.4. The number of carboxylic acid groups (broad SMARTS) is 1. The van der Waals surface area contributed by atoms with Gasteiger partial charge in [0.1, 0.15) is 4.75 Å². The Kier molecular flexibility index (Phi) is 2.78. The molecular formula is C15H14O2S. The Morgan fingerprint density at radius 1 is 1.11 bits per heavy atom. The SMILES string of the molecule is O=C(O)C1(Sc2ccc3ccccc3c2)CCC1. The first-order valence-corrected chi connectivity index (χ1v) is 6.92. The van der Waals surface area contributed by atoms with Gasteiger partial charge in [0.2, 0.25) is 0 Å². The second kappa shape index (κ2) is 4.32. The summed E-state index contributed by atoms with van der Waals surface area (Å²) in [5, 5.41) is 11.7. The number of hydrogen-bond donors (Lipinski definition) is 1. The lowest BCUT2D eigenvalue weighted by atomic mass is 9.84. The summed E-state index contributed by atoms with van der Waals surface area (Å²) in [6.45, 7) is 0. The molecule has 2 aromatic carbocycles. The molecule has 0 atom stereocenters. The van der Waals surface area contributed by atoms with Crippen LogP contribution < -0.4 is 0 Å². The Bertz CT molecular complexity index is 602. The average Bonchev–Trinajstić information content (AvgIpc) is 2.33. The third kappa shape index (κ3) is 1.89. The standard InChI is InChI=1S/C15H14O2S/c16-14(17)15(8-3-9-15)18-13-7-6-11-4-1-2-5-12(11)10-13/h1-2,4-7,10H,3,8-9H2,(H,16,17). The minimum atomic E-state index is -0.674. The van der Waals surface area contributed by atoms with Crippen molar-refractivity contribution in [2.75, 3.05) is 0 Å². The Hall–Kier alpha value is -1.48. The van der Waals surface area contributed by atoms with Crippen LogP contribution in [0.25, 0.3) is 10.8 Å². The summed E-state index contributed by atoms with van der Waals surface area (Å²) in [5.74, 6) is -0.674.